The van der Waals surface area contributed by atoms with Gasteiger partial charge in [-0.2, -0.15) is 0 Å². The quantitative estimate of drug-likeness (QED) is 0.547. The average Bonchev–Trinajstić information content (AvgIpc) is 3.39. The van der Waals surface area contributed by atoms with Crippen molar-refractivity contribution < 1.29 is 9.59 Å². The van der Waals surface area contributed by atoms with Crippen molar-refractivity contribution in [3.05, 3.63) is 91.0 Å². The Labute approximate surface area is 206 Å². The van der Waals surface area contributed by atoms with Crippen LogP contribution in [0.4, 0.5) is 5.69 Å². The smallest absolute Gasteiger partial charge is 0.241 e. The van der Waals surface area contributed by atoms with Gasteiger partial charge in [0.1, 0.15) is 5.82 Å². The Bertz CT molecular complexity index is 1250. The highest BCUT2D eigenvalue weighted by atomic mass is 16.2. The molecule has 1 unspecified atom stereocenters. The molecular formula is C29H30N4O2. The van der Waals surface area contributed by atoms with E-state index in [4.69, 9.17) is 0 Å². The van der Waals surface area contributed by atoms with Gasteiger partial charge in [-0.05, 0) is 49.1 Å². The van der Waals surface area contributed by atoms with Gasteiger partial charge in [-0.25, -0.2) is 4.98 Å². The number of hydrogen-bond donors (Lipinski definition) is 1. The zero-order chi connectivity index (χ0) is 24.2. The van der Waals surface area contributed by atoms with Gasteiger partial charge < -0.3 is 9.88 Å². The molecule has 0 saturated carbocycles. The Morgan fingerprint density at radius 2 is 1.74 bits per heavy atom. The number of carbonyl (C=O) groups excluding carboxylic acids is 2. The first-order valence-electron chi connectivity index (χ1n) is 12.2. The van der Waals surface area contributed by atoms with E-state index in [0.29, 0.717) is 12.0 Å². The summed E-state index contributed by atoms with van der Waals surface area (Å²) in [5.74, 6) is 0.867. The predicted octanol–water partition coefficient (Wildman–Crippen LogP) is 5.13. The highest BCUT2D eigenvalue weighted by Crippen LogP contribution is 2.29. The molecule has 1 aromatic heterocycles. The molecule has 35 heavy (non-hydrogen) atoms. The van der Waals surface area contributed by atoms with E-state index in [0.717, 1.165) is 48.6 Å². The predicted molar refractivity (Wildman–Crippen MR) is 139 cm³/mol. The maximum atomic E-state index is 13.0. The fourth-order valence-corrected chi connectivity index (χ4v) is 4.90. The van der Waals surface area contributed by atoms with Gasteiger partial charge in [0.25, 0.3) is 0 Å². The number of ketones is 1. The summed E-state index contributed by atoms with van der Waals surface area (Å²) in [6, 6.07) is 18.2. The maximum Gasteiger partial charge on any atom is 0.241 e. The van der Waals surface area contributed by atoms with Gasteiger partial charge in [-0.15, -0.1) is 0 Å². The second kappa shape index (κ2) is 10.2. The molecule has 1 aliphatic carbocycles. The minimum absolute atomic E-state index is 0.00368. The Kier molecular flexibility index (Phi) is 6.73. The molecule has 2 aliphatic rings. The van der Waals surface area contributed by atoms with Crippen LogP contribution in [0.2, 0.25) is 0 Å². The number of rotatable bonds is 6. The molecule has 2 heterocycles. The zero-order valence-electron chi connectivity index (χ0n) is 19.9. The fraction of sp³-hybridized carbons (Fsp3) is 0.276. The lowest BCUT2D eigenvalue weighted by atomic mass is 10.00. The molecule has 1 saturated heterocycles. The topological polar surface area (TPSA) is 67.2 Å². The number of piperidine rings is 1. The molecule has 6 nitrogen and oxygen atoms in total. The molecule has 1 aliphatic heterocycles. The first-order chi connectivity index (χ1) is 17.1. The van der Waals surface area contributed by atoms with Crippen LogP contribution in [0.3, 0.4) is 0 Å². The second-order valence-corrected chi connectivity index (χ2v) is 9.17. The Morgan fingerprint density at radius 1 is 1.03 bits per heavy atom. The van der Waals surface area contributed by atoms with E-state index < -0.39 is 0 Å². The largest absolute Gasteiger partial charge is 0.328 e. The third kappa shape index (κ3) is 5.03. The van der Waals surface area contributed by atoms with Gasteiger partial charge in [0.15, 0.2) is 5.78 Å². The number of benzene rings is 2. The highest BCUT2D eigenvalue weighted by molar-refractivity contribution is 6.21. The maximum absolute atomic E-state index is 13.0. The summed E-state index contributed by atoms with van der Waals surface area (Å²) in [7, 11) is 0. The number of amides is 1. The van der Waals surface area contributed by atoms with Gasteiger partial charge in [0.05, 0.1) is 11.6 Å². The van der Waals surface area contributed by atoms with Gasteiger partial charge in [0, 0.05) is 43.6 Å². The van der Waals surface area contributed by atoms with Crippen molar-refractivity contribution in [2.75, 3.05) is 18.4 Å². The molecular weight excluding hydrogens is 436 g/mol. The number of nitrogens with zero attached hydrogens (tertiary/aromatic N) is 3. The first-order valence-corrected chi connectivity index (χ1v) is 12.2. The number of imidazole rings is 1. The molecule has 2 aromatic carbocycles. The van der Waals surface area contributed by atoms with Gasteiger partial charge in [0.2, 0.25) is 5.91 Å². The number of likely N-dealkylation sites (tertiary alicyclic amines) is 1. The van der Waals surface area contributed by atoms with Crippen LogP contribution in [0, 0.1) is 0 Å². The number of nitrogens with one attached hydrogen (secondary N) is 1. The number of carbonyl (C=O) groups is 2. The minimum Gasteiger partial charge on any atom is -0.328 e. The minimum atomic E-state index is -0.222. The van der Waals surface area contributed by atoms with Crippen LogP contribution in [-0.2, 0) is 9.59 Å². The van der Waals surface area contributed by atoms with Crippen molar-refractivity contribution in [2.45, 2.75) is 38.3 Å². The van der Waals surface area contributed by atoms with E-state index in [1.165, 1.54) is 0 Å². The summed E-state index contributed by atoms with van der Waals surface area (Å²) in [5.41, 5.74) is 3.77. The lowest BCUT2D eigenvalue weighted by Crippen LogP contribution is -2.46. The van der Waals surface area contributed by atoms with E-state index in [-0.39, 0.29) is 23.8 Å². The highest BCUT2D eigenvalue weighted by Gasteiger charge is 2.29. The zero-order valence-corrected chi connectivity index (χ0v) is 19.9. The molecule has 1 fully saturated rings. The molecule has 1 N–H and O–H groups in total. The van der Waals surface area contributed by atoms with Crippen LogP contribution in [0.1, 0.15) is 38.1 Å². The molecule has 1 atom stereocenters. The molecule has 0 spiro atoms. The fourth-order valence-electron chi connectivity index (χ4n) is 4.90. The van der Waals surface area contributed by atoms with Gasteiger partial charge in [-0.1, -0.05) is 54.6 Å². The van der Waals surface area contributed by atoms with Crippen molar-refractivity contribution >= 4 is 23.0 Å². The Morgan fingerprint density at radius 3 is 2.46 bits per heavy atom. The van der Waals surface area contributed by atoms with E-state index in [9.17, 15) is 9.59 Å². The second-order valence-electron chi connectivity index (χ2n) is 9.17. The molecule has 178 valence electrons. The molecule has 5 rings (SSSR count). The van der Waals surface area contributed by atoms with Crippen molar-refractivity contribution in [3.8, 4) is 11.1 Å². The third-order valence-electron chi connectivity index (χ3n) is 6.99. The summed E-state index contributed by atoms with van der Waals surface area (Å²) in [6.07, 6.45) is 11.6. The van der Waals surface area contributed by atoms with Crippen molar-refractivity contribution in [3.63, 3.8) is 0 Å². The van der Waals surface area contributed by atoms with Crippen LogP contribution in [-0.4, -0.2) is 45.3 Å². The van der Waals surface area contributed by atoms with E-state index in [1.54, 1.807) is 6.20 Å². The average molecular weight is 467 g/mol. The number of allylic oxidation sites excluding steroid dienone is 4. The van der Waals surface area contributed by atoms with E-state index in [1.807, 2.05) is 73.8 Å². The monoisotopic (exact) mass is 466 g/mol. The summed E-state index contributed by atoms with van der Waals surface area (Å²) < 4.78 is 2.14. The Hall–Kier alpha value is -3.77. The van der Waals surface area contributed by atoms with Gasteiger partial charge in [-0.3, -0.25) is 14.5 Å². The molecule has 0 radical (unpaired) electrons. The van der Waals surface area contributed by atoms with E-state index in [2.05, 4.69) is 31.9 Å². The molecule has 1 amide bonds. The van der Waals surface area contributed by atoms with Gasteiger partial charge >= 0.3 is 0 Å². The summed E-state index contributed by atoms with van der Waals surface area (Å²) in [5, 5.41) is 3.07. The number of hydrogen-bond acceptors (Lipinski definition) is 4. The lowest BCUT2D eigenvalue weighted by molar-refractivity contribution is -0.121. The lowest BCUT2D eigenvalue weighted by Gasteiger charge is -2.36. The number of Topliss-reactive ketones (excluding diaryl/α,β-unsaturated/α-hetero) is 1. The van der Waals surface area contributed by atoms with Crippen LogP contribution < -0.4 is 5.32 Å². The summed E-state index contributed by atoms with van der Waals surface area (Å²) in [4.78, 5) is 32.0. The normalized spacial score (nSPS) is 17.7. The molecule has 3 aromatic rings. The van der Waals surface area contributed by atoms with Crippen molar-refractivity contribution in [1.82, 2.24) is 14.5 Å². The third-order valence-corrected chi connectivity index (χ3v) is 6.99. The van der Waals surface area contributed by atoms with Crippen LogP contribution >= 0.6 is 0 Å². The van der Waals surface area contributed by atoms with Crippen molar-refractivity contribution in [2.24, 2.45) is 0 Å². The number of aromatic nitrogens is 2. The van der Waals surface area contributed by atoms with Crippen LogP contribution in [0.5, 0.6) is 0 Å². The molecule has 0 bridgehead atoms. The SMILES string of the molecule is CC(C(=O)Nc1ccc(-c2ccccc2)cc1)N1CCC(n2ccnc2C2=CC=CCC2=O)CC1. The standard InChI is InChI=1S/C29H30N4O2/c1-21(29(35)31-24-13-11-23(12-14-24)22-7-3-2-4-8-22)32-18-15-25(16-19-32)33-20-17-30-28(33)26-9-5-6-10-27(26)34/h2-9,11-14,17,20-21,25H,10,15-16,18-19H2,1H3,(H,31,35). The number of anilines is 1. The Balaban J connectivity index is 1.18. The summed E-state index contributed by atoms with van der Waals surface area (Å²) in [6.45, 7) is 3.60. The van der Waals surface area contributed by atoms with Crippen molar-refractivity contribution in [1.29, 1.82) is 0 Å². The summed E-state index contributed by atoms with van der Waals surface area (Å²) >= 11 is 0. The molecule has 6 heteroatoms. The van der Waals surface area contributed by atoms with E-state index >= 15 is 0 Å². The van der Waals surface area contributed by atoms with Crippen LogP contribution in [0.25, 0.3) is 16.7 Å². The van der Waals surface area contributed by atoms with Crippen LogP contribution in [0.15, 0.2) is 85.2 Å². The first kappa shape index (κ1) is 23.0.